The number of allylic oxidation sites excluding steroid dienone is 4. The van der Waals surface area contributed by atoms with Crippen molar-refractivity contribution in [2.24, 2.45) is 0 Å². The Balaban J connectivity index is 2.51. The van der Waals surface area contributed by atoms with Crippen LogP contribution in [0.25, 0.3) is 6.08 Å². The fourth-order valence-electron chi connectivity index (χ4n) is 2.08. The monoisotopic (exact) mass is 298 g/mol. The van der Waals surface area contributed by atoms with Gasteiger partial charge in [-0.05, 0) is 45.2 Å². The molecule has 0 saturated heterocycles. The van der Waals surface area contributed by atoms with Gasteiger partial charge < -0.3 is 0 Å². The fraction of sp³-hybridized carbons (Fsp3) is 0.400. The van der Waals surface area contributed by atoms with E-state index in [4.69, 9.17) is 0 Å². The van der Waals surface area contributed by atoms with Crippen LogP contribution >= 0.6 is 0 Å². The van der Waals surface area contributed by atoms with Crippen molar-refractivity contribution in [1.29, 1.82) is 0 Å². The second-order valence-corrected chi connectivity index (χ2v) is 11.5. The largest absolute Gasteiger partial charge is 0.0939 e. The first-order valence-corrected chi connectivity index (χ1v) is 11.2. The zero-order chi connectivity index (χ0) is 15.7. The predicted molar refractivity (Wildman–Crippen MR) is 100 cm³/mol. The van der Waals surface area contributed by atoms with E-state index in [-0.39, 0.29) is 0 Å². The summed E-state index contributed by atoms with van der Waals surface area (Å²) in [5.74, 6) is 0. The molecule has 1 aromatic rings. The van der Waals surface area contributed by atoms with Crippen LogP contribution in [0.1, 0.15) is 39.2 Å². The smallest absolute Gasteiger partial charge is 0.0754 e. The van der Waals surface area contributed by atoms with Crippen molar-refractivity contribution in [2.45, 2.75) is 52.8 Å². The molecule has 0 aliphatic heterocycles. The summed E-state index contributed by atoms with van der Waals surface area (Å²) in [5, 5.41) is 0. The molecule has 21 heavy (non-hydrogen) atoms. The highest BCUT2D eigenvalue weighted by Gasteiger charge is 2.14. The van der Waals surface area contributed by atoms with E-state index in [1.54, 1.807) is 0 Å². The van der Waals surface area contributed by atoms with Crippen molar-refractivity contribution < 1.29 is 0 Å². The molecule has 0 spiro atoms. The van der Waals surface area contributed by atoms with Gasteiger partial charge in [0.2, 0.25) is 0 Å². The van der Waals surface area contributed by atoms with Crippen LogP contribution in [0.5, 0.6) is 0 Å². The van der Waals surface area contributed by atoms with Gasteiger partial charge in [0.05, 0.1) is 8.07 Å². The van der Waals surface area contributed by atoms with Crippen molar-refractivity contribution in [3.05, 3.63) is 64.9 Å². The molecule has 0 heterocycles. The van der Waals surface area contributed by atoms with E-state index in [1.807, 2.05) is 0 Å². The van der Waals surface area contributed by atoms with Gasteiger partial charge in [-0.3, -0.25) is 0 Å². The first kappa shape index (κ1) is 17.7. The maximum absolute atomic E-state index is 2.46. The van der Waals surface area contributed by atoms with Crippen LogP contribution in [0.3, 0.4) is 0 Å². The molecule has 0 aliphatic rings. The predicted octanol–water partition coefficient (Wildman–Crippen LogP) is 6.64. The Kier molecular flexibility index (Phi) is 7.45. The summed E-state index contributed by atoms with van der Waals surface area (Å²) in [7, 11) is -1.28. The van der Waals surface area contributed by atoms with Gasteiger partial charge in [-0.2, -0.15) is 0 Å². The fourth-order valence-corrected chi connectivity index (χ4v) is 3.74. The highest BCUT2D eigenvalue weighted by molar-refractivity contribution is 6.83. The van der Waals surface area contributed by atoms with Gasteiger partial charge in [-0.25, -0.2) is 0 Å². The summed E-state index contributed by atoms with van der Waals surface area (Å²) in [4.78, 5) is 0. The Morgan fingerprint density at radius 2 is 1.67 bits per heavy atom. The van der Waals surface area contributed by atoms with Crippen LogP contribution < -0.4 is 0 Å². The van der Waals surface area contributed by atoms with Crippen LogP contribution in [0.15, 0.2) is 59.3 Å². The first-order valence-electron chi connectivity index (χ1n) is 7.92. The Morgan fingerprint density at radius 3 is 2.29 bits per heavy atom. The van der Waals surface area contributed by atoms with Gasteiger partial charge in [-0.15, -0.1) is 0 Å². The molecular weight excluding hydrogens is 268 g/mol. The molecule has 0 N–H and O–H groups in total. The maximum atomic E-state index is 2.46. The van der Waals surface area contributed by atoms with E-state index in [0.717, 1.165) is 0 Å². The molecular formula is C20H30Si. The average molecular weight is 299 g/mol. The topological polar surface area (TPSA) is 0 Å². The lowest BCUT2D eigenvalue weighted by molar-refractivity contribution is 0.963. The lowest BCUT2D eigenvalue weighted by Gasteiger charge is -2.15. The van der Waals surface area contributed by atoms with Crippen molar-refractivity contribution in [1.82, 2.24) is 0 Å². The van der Waals surface area contributed by atoms with E-state index in [2.05, 4.69) is 88.1 Å². The Bertz CT molecular complexity index is 500. The van der Waals surface area contributed by atoms with Crippen molar-refractivity contribution in [2.75, 3.05) is 0 Å². The molecule has 0 nitrogen and oxygen atoms in total. The molecule has 1 aromatic carbocycles. The summed E-state index contributed by atoms with van der Waals surface area (Å²) in [6, 6.07) is 11.8. The van der Waals surface area contributed by atoms with Crippen molar-refractivity contribution in [3.63, 3.8) is 0 Å². The lowest BCUT2D eigenvalue weighted by atomic mass is 10.1. The third-order valence-corrected chi connectivity index (χ3v) is 5.92. The van der Waals surface area contributed by atoms with Crippen LogP contribution in [0.4, 0.5) is 0 Å². The zero-order valence-electron chi connectivity index (χ0n) is 14.3. The Morgan fingerprint density at radius 1 is 1.00 bits per heavy atom. The van der Waals surface area contributed by atoms with E-state index < -0.39 is 8.07 Å². The Hall–Kier alpha value is -1.34. The average Bonchev–Trinajstić information content (AvgIpc) is 2.44. The van der Waals surface area contributed by atoms with Gasteiger partial charge in [-0.1, -0.05) is 78.5 Å². The molecule has 1 rings (SSSR count). The second kappa shape index (κ2) is 8.84. The number of hydrogen-bond donors (Lipinski definition) is 0. The first-order chi connectivity index (χ1) is 9.89. The van der Waals surface area contributed by atoms with Gasteiger partial charge >= 0.3 is 0 Å². The third-order valence-electron chi connectivity index (χ3n) is 3.59. The van der Waals surface area contributed by atoms with Gasteiger partial charge in [0, 0.05) is 0 Å². The minimum atomic E-state index is -1.28. The van der Waals surface area contributed by atoms with E-state index >= 15 is 0 Å². The second-order valence-electron chi connectivity index (χ2n) is 6.81. The van der Waals surface area contributed by atoms with E-state index in [0.29, 0.717) is 0 Å². The molecule has 114 valence electrons. The summed E-state index contributed by atoms with van der Waals surface area (Å²) in [6.07, 6.45) is 9.44. The molecule has 1 heteroatoms. The van der Waals surface area contributed by atoms with Crippen LogP contribution in [0.2, 0.25) is 19.1 Å². The molecule has 0 aliphatic carbocycles. The van der Waals surface area contributed by atoms with Crippen molar-refractivity contribution in [3.8, 4) is 0 Å². The minimum Gasteiger partial charge on any atom is -0.0939 e. The maximum Gasteiger partial charge on any atom is 0.0754 e. The van der Waals surface area contributed by atoms with Gasteiger partial charge in [0.15, 0.2) is 0 Å². The zero-order valence-corrected chi connectivity index (χ0v) is 15.3. The van der Waals surface area contributed by atoms with Crippen LogP contribution in [-0.2, 0) is 0 Å². The molecule has 0 unspecified atom stereocenters. The number of hydrogen-bond acceptors (Lipinski definition) is 0. The molecule has 0 fully saturated rings. The van der Waals surface area contributed by atoms with Gasteiger partial charge in [0.25, 0.3) is 0 Å². The van der Waals surface area contributed by atoms with E-state index in [9.17, 15) is 0 Å². The summed E-state index contributed by atoms with van der Waals surface area (Å²) >= 11 is 0. The summed E-state index contributed by atoms with van der Waals surface area (Å²) in [5.41, 5.74) is 6.72. The van der Waals surface area contributed by atoms with Gasteiger partial charge in [0.1, 0.15) is 0 Å². The standard InChI is InChI=1S/C20H30Si/c1-18(2)10-9-11-19(3)14-16-21(4,5)17-15-20-12-7-6-8-13-20/h6-8,10,12-15,17H,9,11,16H2,1-5H3/b17-15?,19-14+. The highest BCUT2D eigenvalue weighted by Crippen LogP contribution is 2.17. The minimum absolute atomic E-state index is 1.17. The van der Waals surface area contributed by atoms with Crippen LogP contribution in [-0.4, -0.2) is 8.07 Å². The number of benzene rings is 1. The van der Waals surface area contributed by atoms with Crippen LogP contribution in [0, 0.1) is 0 Å². The molecule has 0 amide bonds. The SMILES string of the molecule is CC(C)=CCC/C(C)=C/C[Si](C)(C)C=Cc1ccccc1. The normalized spacial score (nSPS) is 12.7. The third kappa shape index (κ3) is 8.51. The lowest BCUT2D eigenvalue weighted by Crippen LogP contribution is -2.20. The van der Waals surface area contributed by atoms with Crippen molar-refractivity contribution >= 4 is 14.1 Å². The van der Waals surface area contributed by atoms with E-state index in [1.165, 1.54) is 35.6 Å². The summed E-state index contributed by atoms with van der Waals surface area (Å²) < 4.78 is 0. The molecule has 0 saturated carbocycles. The molecule has 0 atom stereocenters. The quantitative estimate of drug-likeness (QED) is 0.391. The molecule has 0 radical (unpaired) electrons. The number of rotatable bonds is 7. The Labute approximate surface area is 132 Å². The summed E-state index contributed by atoms with van der Waals surface area (Å²) in [6.45, 7) is 11.5. The molecule has 0 bridgehead atoms. The highest BCUT2D eigenvalue weighted by atomic mass is 28.3. The molecule has 0 aromatic heterocycles.